The Labute approximate surface area is 205 Å². The zero-order valence-electron chi connectivity index (χ0n) is 21.1. The Balaban J connectivity index is 2.06. The highest BCUT2D eigenvalue weighted by molar-refractivity contribution is 5.91. The fraction of sp³-hybridized carbons (Fsp3) is 0.615. The lowest BCUT2D eigenvalue weighted by atomic mass is 9.82. The van der Waals surface area contributed by atoms with E-state index < -0.39 is 65.9 Å². The lowest BCUT2D eigenvalue weighted by Crippen LogP contribution is -2.41. The number of epoxide rings is 1. The quantitative estimate of drug-likeness (QED) is 0.193. The fourth-order valence-corrected chi connectivity index (χ4v) is 5.00. The molecule has 0 amide bonds. The second-order valence-electron chi connectivity index (χ2n) is 9.74. The third kappa shape index (κ3) is 6.20. The van der Waals surface area contributed by atoms with Crippen molar-refractivity contribution < 1.29 is 42.9 Å². The molecule has 2 aliphatic heterocycles. The van der Waals surface area contributed by atoms with E-state index in [2.05, 4.69) is 6.58 Å². The van der Waals surface area contributed by atoms with Crippen molar-refractivity contribution in [2.24, 2.45) is 5.92 Å². The van der Waals surface area contributed by atoms with Gasteiger partial charge in [0.2, 0.25) is 0 Å². The summed E-state index contributed by atoms with van der Waals surface area (Å²) in [6.45, 7) is 13.4. The van der Waals surface area contributed by atoms with Gasteiger partial charge in [-0.3, -0.25) is 14.4 Å². The molecule has 3 rings (SSSR count). The van der Waals surface area contributed by atoms with Crippen LogP contribution in [-0.4, -0.2) is 60.0 Å². The second-order valence-corrected chi connectivity index (χ2v) is 9.74. The molecule has 7 atom stereocenters. The van der Waals surface area contributed by atoms with E-state index in [9.17, 15) is 19.2 Å². The molecule has 192 valence electrons. The van der Waals surface area contributed by atoms with Crippen LogP contribution in [0.2, 0.25) is 0 Å². The maximum absolute atomic E-state index is 12.6. The minimum absolute atomic E-state index is 0.190. The topological polar surface area (TPSA) is 118 Å². The van der Waals surface area contributed by atoms with Gasteiger partial charge in [0.05, 0.1) is 5.92 Å². The minimum atomic E-state index is -0.915. The van der Waals surface area contributed by atoms with Crippen molar-refractivity contribution in [1.29, 1.82) is 0 Å². The maximum Gasteiger partial charge on any atom is 0.334 e. The highest BCUT2D eigenvalue weighted by Crippen LogP contribution is 2.50. The van der Waals surface area contributed by atoms with Crippen molar-refractivity contribution in [2.45, 2.75) is 96.9 Å². The first-order chi connectivity index (χ1) is 16.3. The van der Waals surface area contributed by atoms with Crippen molar-refractivity contribution in [2.75, 3.05) is 0 Å². The van der Waals surface area contributed by atoms with Gasteiger partial charge in [0, 0.05) is 45.6 Å². The molecule has 0 N–H and O–H groups in total. The molecule has 3 aliphatic rings. The summed E-state index contributed by atoms with van der Waals surface area (Å²) in [5.41, 5.74) is 1.03. The van der Waals surface area contributed by atoms with Gasteiger partial charge < -0.3 is 23.7 Å². The van der Waals surface area contributed by atoms with E-state index in [0.717, 1.165) is 11.1 Å². The SMILES string of the molecule is C=C1C(=O)OC2C1C(OC(C)=O)CC(C)=CC(OC(C)=O)CC(C)=CCC(OC(C)=O)C1(C)OC21. The molecule has 35 heavy (non-hydrogen) atoms. The molecule has 9 heteroatoms. The van der Waals surface area contributed by atoms with Crippen molar-refractivity contribution in [1.82, 2.24) is 0 Å². The van der Waals surface area contributed by atoms with Crippen LogP contribution in [0.15, 0.2) is 35.5 Å². The number of carbonyl (C=O) groups is 4. The summed E-state index contributed by atoms with van der Waals surface area (Å²) in [6.07, 6.45) is 1.51. The average Bonchev–Trinajstić information content (AvgIpc) is 3.31. The first-order valence-electron chi connectivity index (χ1n) is 11.7. The Morgan fingerprint density at radius 1 is 1.00 bits per heavy atom. The van der Waals surface area contributed by atoms with Gasteiger partial charge in [0.1, 0.15) is 36.1 Å². The Hall–Kier alpha value is -2.94. The summed E-state index contributed by atoms with van der Waals surface area (Å²) in [5.74, 6) is -2.64. The molecule has 0 saturated carbocycles. The second kappa shape index (κ2) is 10.4. The molecular weight excluding hydrogens is 456 g/mol. The normalized spacial score (nSPS) is 35.3. The van der Waals surface area contributed by atoms with Gasteiger partial charge in [-0.05, 0) is 26.8 Å². The number of hydrogen-bond acceptors (Lipinski definition) is 9. The van der Waals surface area contributed by atoms with Gasteiger partial charge in [0.25, 0.3) is 0 Å². The first-order valence-corrected chi connectivity index (χ1v) is 11.7. The summed E-state index contributed by atoms with van der Waals surface area (Å²) >= 11 is 0. The average molecular weight is 491 g/mol. The molecule has 2 fully saturated rings. The predicted octanol–water partition coefficient (Wildman–Crippen LogP) is 3.11. The van der Waals surface area contributed by atoms with Crippen molar-refractivity contribution in [3.8, 4) is 0 Å². The number of fused-ring (bicyclic) bond motifs is 3. The van der Waals surface area contributed by atoms with E-state index in [1.54, 1.807) is 6.92 Å². The summed E-state index contributed by atoms with van der Waals surface area (Å²) in [6, 6.07) is 0. The largest absolute Gasteiger partial charge is 0.461 e. The molecular formula is C26H34O9. The Morgan fingerprint density at radius 3 is 2.23 bits per heavy atom. The van der Waals surface area contributed by atoms with Crippen LogP contribution in [0.25, 0.3) is 0 Å². The van der Waals surface area contributed by atoms with Crippen LogP contribution in [-0.2, 0) is 42.9 Å². The number of ether oxygens (including phenoxy) is 5. The number of rotatable bonds is 3. The van der Waals surface area contributed by atoms with E-state index in [0.29, 0.717) is 12.8 Å². The molecule has 0 spiro atoms. The smallest absolute Gasteiger partial charge is 0.334 e. The summed E-state index contributed by atoms with van der Waals surface area (Å²) < 4.78 is 28.5. The van der Waals surface area contributed by atoms with Crippen LogP contribution < -0.4 is 0 Å². The third-order valence-electron chi connectivity index (χ3n) is 6.63. The van der Waals surface area contributed by atoms with Gasteiger partial charge >= 0.3 is 23.9 Å². The fourth-order valence-electron chi connectivity index (χ4n) is 5.00. The zero-order valence-corrected chi connectivity index (χ0v) is 21.1. The molecule has 9 nitrogen and oxygen atoms in total. The van der Waals surface area contributed by atoms with Crippen LogP contribution in [0, 0.1) is 5.92 Å². The third-order valence-corrected chi connectivity index (χ3v) is 6.63. The van der Waals surface area contributed by atoms with Gasteiger partial charge in [-0.1, -0.05) is 23.8 Å². The van der Waals surface area contributed by atoms with Crippen LogP contribution >= 0.6 is 0 Å². The number of hydrogen-bond donors (Lipinski definition) is 0. The van der Waals surface area contributed by atoms with E-state index in [4.69, 9.17) is 23.7 Å². The van der Waals surface area contributed by atoms with E-state index in [-0.39, 0.29) is 12.0 Å². The first kappa shape index (κ1) is 26.7. The minimum Gasteiger partial charge on any atom is -0.461 e. The van der Waals surface area contributed by atoms with Gasteiger partial charge in [-0.2, -0.15) is 0 Å². The molecule has 2 saturated heterocycles. The molecule has 0 aromatic rings. The standard InChI is InChI=1S/C26H34O9/c1-13-8-9-21(33-18(6)29)26(7)24(35-26)23-22(15(3)25(30)34-23)20(32-17(5)28)12-14(2)11-19(10-13)31-16(4)27/h8,11,19-24H,3,9-10,12H2,1-2,4-7H3. The molecule has 0 aromatic carbocycles. The highest BCUT2D eigenvalue weighted by atomic mass is 16.7. The zero-order chi connectivity index (χ0) is 26.1. The molecule has 7 unspecified atom stereocenters. The lowest BCUT2D eigenvalue weighted by molar-refractivity contribution is -0.151. The molecule has 0 radical (unpaired) electrons. The van der Waals surface area contributed by atoms with Crippen LogP contribution in [0.5, 0.6) is 0 Å². The predicted molar refractivity (Wildman–Crippen MR) is 124 cm³/mol. The monoisotopic (exact) mass is 490 g/mol. The number of esters is 4. The van der Waals surface area contributed by atoms with E-state index >= 15 is 0 Å². The molecule has 0 bridgehead atoms. The van der Waals surface area contributed by atoms with Crippen LogP contribution in [0.3, 0.4) is 0 Å². The van der Waals surface area contributed by atoms with Gasteiger partial charge in [0.15, 0.2) is 0 Å². The van der Waals surface area contributed by atoms with Gasteiger partial charge in [-0.15, -0.1) is 0 Å². The van der Waals surface area contributed by atoms with Crippen LogP contribution in [0.4, 0.5) is 0 Å². The van der Waals surface area contributed by atoms with Crippen molar-refractivity contribution in [3.05, 3.63) is 35.5 Å². The van der Waals surface area contributed by atoms with Crippen molar-refractivity contribution in [3.63, 3.8) is 0 Å². The lowest BCUT2D eigenvalue weighted by Gasteiger charge is -2.28. The molecule has 1 aliphatic carbocycles. The Kier molecular flexibility index (Phi) is 7.89. The van der Waals surface area contributed by atoms with Crippen LogP contribution in [0.1, 0.15) is 60.8 Å². The van der Waals surface area contributed by atoms with Gasteiger partial charge in [-0.25, -0.2) is 4.79 Å². The number of carbonyl (C=O) groups excluding carboxylic acids is 4. The highest BCUT2D eigenvalue weighted by Gasteiger charge is 2.67. The Bertz CT molecular complexity index is 977. The summed E-state index contributed by atoms with van der Waals surface area (Å²) in [4.78, 5) is 48.1. The molecule has 0 aromatic heterocycles. The van der Waals surface area contributed by atoms with E-state index in [1.165, 1.54) is 20.8 Å². The summed E-state index contributed by atoms with van der Waals surface area (Å²) in [5, 5.41) is 0. The van der Waals surface area contributed by atoms with Crippen molar-refractivity contribution >= 4 is 23.9 Å². The molecule has 2 heterocycles. The van der Waals surface area contributed by atoms with E-state index in [1.807, 2.05) is 26.0 Å². The summed E-state index contributed by atoms with van der Waals surface area (Å²) in [7, 11) is 0. The Morgan fingerprint density at radius 2 is 1.63 bits per heavy atom. The maximum atomic E-state index is 12.6.